The molecule has 1 aromatic heterocycles. The lowest BCUT2D eigenvalue weighted by Gasteiger charge is -2.36. The van der Waals surface area contributed by atoms with Gasteiger partial charge in [-0.25, -0.2) is 4.79 Å². The van der Waals surface area contributed by atoms with Gasteiger partial charge in [0.05, 0.1) is 5.54 Å². The van der Waals surface area contributed by atoms with Gasteiger partial charge >= 0.3 is 6.03 Å². The fourth-order valence-electron chi connectivity index (χ4n) is 6.55. The lowest BCUT2D eigenvalue weighted by atomic mass is 9.83. The maximum atomic E-state index is 13.6. The summed E-state index contributed by atoms with van der Waals surface area (Å²) in [4.78, 5) is 54.5. The minimum absolute atomic E-state index is 0.0401. The fourth-order valence-corrected chi connectivity index (χ4v) is 6.55. The lowest BCUT2D eigenvalue weighted by molar-refractivity contribution is -0.130. The predicted molar refractivity (Wildman–Crippen MR) is 150 cm³/mol. The van der Waals surface area contributed by atoms with Crippen molar-refractivity contribution in [1.29, 1.82) is 0 Å². The molecular weight excluding hydrogens is 510 g/mol. The zero-order chi connectivity index (χ0) is 28.7. The quantitative estimate of drug-likeness (QED) is 0.419. The first-order valence-electron chi connectivity index (χ1n) is 14.1. The van der Waals surface area contributed by atoms with Crippen LogP contribution in [0, 0.1) is 5.92 Å². The predicted octanol–water partition coefficient (Wildman–Crippen LogP) is 2.12. The Kier molecular flexibility index (Phi) is 7.32. The molecule has 214 valence electrons. The molecule has 5 rings (SSSR count). The Morgan fingerprint density at radius 1 is 1.07 bits per heavy atom. The van der Waals surface area contributed by atoms with E-state index in [0.717, 1.165) is 43.2 Å². The first-order valence-corrected chi connectivity index (χ1v) is 14.1. The molecule has 2 aliphatic carbocycles. The standard InChI is InChI=1S/C29H39N7O4/c1-28(2)17-36(27(40)34-28)29(26(39)30-3)15-19-10-11-21(14-20(19)16-29)32-25(38)23(18-8-6-5-7-9-18)33-24(37)22-12-13-31-35(22)4/h10-14,18,23H,5-9,15-17H2,1-4H3,(H,30,39)(H,32,38)(H,33,37)(H,34,40)/t23-,29?/m0/s1. The summed E-state index contributed by atoms with van der Waals surface area (Å²) < 4.78 is 1.49. The molecule has 40 heavy (non-hydrogen) atoms. The Bertz CT molecular complexity index is 1330. The van der Waals surface area contributed by atoms with Gasteiger partial charge in [0.25, 0.3) is 5.91 Å². The Hall–Kier alpha value is -3.89. The lowest BCUT2D eigenvalue weighted by Crippen LogP contribution is -2.60. The maximum absolute atomic E-state index is 13.6. The van der Waals surface area contributed by atoms with Gasteiger partial charge in [0.2, 0.25) is 11.8 Å². The molecule has 1 saturated heterocycles. The van der Waals surface area contributed by atoms with Crippen molar-refractivity contribution in [2.45, 2.75) is 75.9 Å². The van der Waals surface area contributed by atoms with Crippen LogP contribution in [0.5, 0.6) is 0 Å². The number of likely N-dealkylation sites (N-methyl/N-ethyl adjacent to an activating group) is 1. The number of nitrogens with zero attached hydrogens (tertiary/aromatic N) is 3. The molecule has 0 spiro atoms. The van der Waals surface area contributed by atoms with E-state index in [1.54, 1.807) is 31.3 Å². The monoisotopic (exact) mass is 549 g/mol. The molecular formula is C29H39N7O4. The van der Waals surface area contributed by atoms with Crippen LogP contribution in [0.1, 0.15) is 67.6 Å². The number of carbonyl (C=O) groups is 4. The first-order chi connectivity index (χ1) is 19.0. The van der Waals surface area contributed by atoms with Crippen molar-refractivity contribution >= 4 is 29.4 Å². The molecule has 11 nitrogen and oxygen atoms in total. The second-order valence-corrected chi connectivity index (χ2v) is 12.0. The Morgan fingerprint density at radius 2 is 1.80 bits per heavy atom. The summed E-state index contributed by atoms with van der Waals surface area (Å²) in [5.41, 5.74) is 1.38. The van der Waals surface area contributed by atoms with Gasteiger partial charge in [-0.3, -0.25) is 19.1 Å². The summed E-state index contributed by atoms with van der Waals surface area (Å²) in [6, 6.07) is 6.32. The van der Waals surface area contributed by atoms with Crippen molar-refractivity contribution in [2.24, 2.45) is 13.0 Å². The third-order valence-corrected chi connectivity index (χ3v) is 8.59. The van der Waals surface area contributed by atoms with Gasteiger partial charge in [-0.2, -0.15) is 5.10 Å². The molecule has 11 heteroatoms. The largest absolute Gasteiger partial charge is 0.357 e. The highest BCUT2D eigenvalue weighted by Gasteiger charge is 2.54. The van der Waals surface area contributed by atoms with Crippen molar-refractivity contribution in [3.05, 3.63) is 47.3 Å². The second-order valence-electron chi connectivity index (χ2n) is 12.0. The smallest absolute Gasteiger partial charge is 0.318 e. The zero-order valence-corrected chi connectivity index (χ0v) is 23.7. The van der Waals surface area contributed by atoms with E-state index in [9.17, 15) is 19.2 Å². The van der Waals surface area contributed by atoms with Gasteiger partial charge in [-0.05, 0) is 61.9 Å². The molecule has 1 aromatic carbocycles. The van der Waals surface area contributed by atoms with Gasteiger partial charge in [0.15, 0.2) is 0 Å². The SMILES string of the molecule is CNC(=O)C1(N2CC(C)(C)NC2=O)Cc2ccc(NC(=O)[C@@H](NC(=O)c3ccnn3C)C3CCCCC3)cc2C1. The molecule has 2 fully saturated rings. The number of amides is 5. The Labute approximate surface area is 234 Å². The fraction of sp³-hybridized carbons (Fsp3) is 0.552. The van der Waals surface area contributed by atoms with Crippen molar-refractivity contribution in [1.82, 2.24) is 30.6 Å². The third kappa shape index (κ3) is 5.16. The van der Waals surface area contributed by atoms with Gasteiger partial charge in [-0.1, -0.05) is 25.3 Å². The van der Waals surface area contributed by atoms with Crippen molar-refractivity contribution in [3.8, 4) is 0 Å². The molecule has 3 aliphatic rings. The van der Waals surface area contributed by atoms with Gasteiger partial charge < -0.3 is 26.2 Å². The summed E-state index contributed by atoms with van der Waals surface area (Å²) in [7, 11) is 3.28. The number of anilines is 1. The van der Waals surface area contributed by atoms with Crippen LogP contribution in [-0.2, 0) is 29.5 Å². The Balaban J connectivity index is 1.36. The Morgan fingerprint density at radius 3 is 2.42 bits per heavy atom. The van der Waals surface area contributed by atoms with E-state index in [-0.39, 0.29) is 29.7 Å². The average molecular weight is 550 g/mol. The number of nitrogens with one attached hydrogen (secondary N) is 4. The number of rotatable bonds is 7. The van der Waals surface area contributed by atoms with Gasteiger partial charge in [-0.15, -0.1) is 0 Å². The summed E-state index contributed by atoms with van der Waals surface area (Å²) in [5, 5.41) is 15.8. The summed E-state index contributed by atoms with van der Waals surface area (Å²) in [6.45, 7) is 4.29. The number of fused-ring (bicyclic) bond motifs is 1. The van der Waals surface area contributed by atoms with E-state index in [4.69, 9.17) is 0 Å². The van der Waals surface area contributed by atoms with Crippen LogP contribution in [0.3, 0.4) is 0 Å². The highest BCUT2D eigenvalue weighted by Crippen LogP contribution is 2.39. The van der Waals surface area contributed by atoms with Crippen LogP contribution in [0.2, 0.25) is 0 Å². The number of benzene rings is 1. The topological polar surface area (TPSA) is 137 Å². The molecule has 5 amide bonds. The minimum Gasteiger partial charge on any atom is -0.357 e. The minimum atomic E-state index is -1.04. The normalized spacial score (nSPS) is 22.8. The summed E-state index contributed by atoms with van der Waals surface area (Å²) in [6.07, 6.45) is 7.22. The van der Waals surface area contributed by atoms with E-state index in [2.05, 4.69) is 26.4 Å². The van der Waals surface area contributed by atoms with E-state index < -0.39 is 17.1 Å². The van der Waals surface area contributed by atoms with Crippen LogP contribution in [0.4, 0.5) is 10.5 Å². The van der Waals surface area contributed by atoms with E-state index >= 15 is 0 Å². The van der Waals surface area contributed by atoms with Crippen molar-refractivity contribution in [3.63, 3.8) is 0 Å². The number of hydrogen-bond acceptors (Lipinski definition) is 5. The first kappa shape index (κ1) is 27.7. The molecule has 0 bridgehead atoms. The molecule has 1 aliphatic heterocycles. The third-order valence-electron chi connectivity index (χ3n) is 8.59. The zero-order valence-electron chi connectivity index (χ0n) is 23.7. The number of aromatic nitrogens is 2. The summed E-state index contributed by atoms with van der Waals surface area (Å²) in [5.74, 6) is -0.767. The van der Waals surface area contributed by atoms with Crippen molar-refractivity contribution in [2.75, 3.05) is 18.9 Å². The van der Waals surface area contributed by atoms with E-state index in [0.29, 0.717) is 30.8 Å². The number of hydrogen-bond donors (Lipinski definition) is 4. The van der Waals surface area contributed by atoms with Crippen molar-refractivity contribution < 1.29 is 19.2 Å². The molecule has 2 aromatic rings. The van der Waals surface area contributed by atoms with Gasteiger partial charge in [0, 0.05) is 45.4 Å². The van der Waals surface area contributed by atoms with Gasteiger partial charge in [0.1, 0.15) is 17.3 Å². The molecule has 2 heterocycles. The summed E-state index contributed by atoms with van der Waals surface area (Å²) >= 11 is 0. The molecule has 1 unspecified atom stereocenters. The van der Waals surface area contributed by atoms with Crippen LogP contribution >= 0.6 is 0 Å². The highest BCUT2D eigenvalue weighted by molar-refractivity contribution is 6.01. The van der Waals surface area contributed by atoms with E-state index in [1.165, 1.54) is 4.68 Å². The van der Waals surface area contributed by atoms with Crippen LogP contribution < -0.4 is 21.3 Å². The van der Waals surface area contributed by atoms with E-state index in [1.807, 2.05) is 32.0 Å². The maximum Gasteiger partial charge on any atom is 0.318 e. The molecule has 1 saturated carbocycles. The average Bonchev–Trinajstić information content (AvgIpc) is 3.61. The number of urea groups is 1. The number of carbonyl (C=O) groups excluding carboxylic acids is 4. The van der Waals surface area contributed by atoms with Crippen LogP contribution in [0.15, 0.2) is 30.5 Å². The molecule has 4 N–H and O–H groups in total. The number of aryl methyl sites for hydroxylation is 1. The van der Waals surface area contributed by atoms with Crippen LogP contribution in [0.25, 0.3) is 0 Å². The van der Waals surface area contributed by atoms with Crippen LogP contribution in [-0.4, -0.2) is 69.1 Å². The second kappa shape index (κ2) is 10.6. The molecule has 2 atom stereocenters. The molecule has 0 radical (unpaired) electrons. The highest BCUT2D eigenvalue weighted by atomic mass is 16.2.